The molecule has 0 atom stereocenters. The zero-order chi connectivity index (χ0) is 22.6. The van der Waals surface area contributed by atoms with Gasteiger partial charge in [-0.25, -0.2) is 8.42 Å². The van der Waals surface area contributed by atoms with Crippen molar-refractivity contribution < 1.29 is 13.2 Å². The Morgan fingerprint density at radius 3 is 2.44 bits per heavy atom. The number of hydrogen-bond donors (Lipinski definition) is 1. The molecular weight excluding hydrogens is 442 g/mol. The summed E-state index contributed by atoms with van der Waals surface area (Å²) in [7, 11) is -3.63. The third kappa shape index (κ3) is 5.42. The topological polar surface area (TPSA) is 69.7 Å². The van der Waals surface area contributed by atoms with Crippen LogP contribution in [-0.4, -0.2) is 49.7 Å². The average Bonchev–Trinajstić information content (AvgIpc) is 3.31. The molecule has 2 saturated heterocycles. The lowest BCUT2D eigenvalue weighted by atomic mass is 9.98. The Bertz CT molecular complexity index is 1020. The lowest BCUT2D eigenvalue weighted by Gasteiger charge is -2.30. The van der Waals surface area contributed by atoms with E-state index in [-0.39, 0.29) is 15.7 Å². The minimum Gasteiger partial charge on any atom is -0.347 e. The van der Waals surface area contributed by atoms with Gasteiger partial charge in [0.15, 0.2) is 0 Å². The summed E-state index contributed by atoms with van der Waals surface area (Å²) < 4.78 is 27.7. The number of benzene rings is 1. The highest BCUT2D eigenvalue weighted by Crippen LogP contribution is 2.27. The summed E-state index contributed by atoms with van der Waals surface area (Å²) in [4.78, 5) is 15.9. The Labute approximate surface area is 195 Å². The number of hydrogen-bond acceptors (Lipinski definition) is 5. The Balaban J connectivity index is 1.43. The zero-order valence-corrected chi connectivity index (χ0v) is 20.4. The summed E-state index contributed by atoms with van der Waals surface area (Å²) in [6.07, 6.45) is 5.26. The van der Waals surface area contributed by atoms with Crippen molar-refractivity contribution in [2.45, 2.75) is 57.0 Å². The van der Waals surface area contributed by atoms with Crippen molar-refractivity contribution in [1.29, 1.82) is 0 Å². The summed E-state index contributed by atoms with van der Waals surface area (Å²) in [5.74, 6) is 0.471. The van der Waals surface area contributed by atoms with Crippen LogP contribution in [0.15, 0.2) is 40.6 Å². The molecule has 1 aromatic carbocycles. The van der Waals surface area contributed by atoms with Crippen LogP contribution in [0.1, 0.15) is 59.8 Å². The summed E-state index contributed by atoms with van der Waals surface area (Å²) in [6.45, 7) is 6.85. The molecule has 0 spiro atoms. The average molecular weight is 476 g/mol. The van der Waals surface area contributed by atoms with Gasteiger partial charge in [0, 0.05) is 26.2 Å². The number of likely N-dealkylation sites (tertiary alicyclic amines) is 1. The standard InChI is InChI=1S/C24H33N3O3S2/c1-19-9-14-26(15-10-19)18-21-8-4-3-7-20(21)17-25-24(28)23-22(11-16-31-23)32(29,30)27-12-5-2-6-13-27/h3-4,7-8,11,16,19H,2,5-6,9-10,12-15,17-18H2,1H3,(H,25,28). The number of carbonyl (C=O) groups is 1. The monoisotopic (exact) mass is 475 g/mol. The van der Waals surface area contributed by atoms with Crippen LogP contribution < -0.4 is 5.32 Å². The van der Waals surface area contributed by atoms with Crippen molar-refractivity contribution in [3.05, 3.63) is 51.7 Å². The molecule has 0 unspecified atom stereocenters. The third-order valence-corrected chi connectivity index (χ3v) is 9.58. The van der Waals surface area contributed by atoms with E-state index in [9.17, 15) is 13.2 Å². The van der Waals surface area contributed by atoms with Gasteiger partial charge >= 0.3 is 0 Å². The van der Waals surface area contributed by atoms with Crippen molar-refractivity contribution in [2.24, 2.45) is 5.92 Å². The fraction of sp³-hybridized carbons (Fsp3) is 0.542. The largest absolute Gasteiger partial charge is 0.347 e. The Morgan fingerprint density at radius 1 is 1.03 bits per heavy atom. The highest BCUT2D eigenvalue weighted by molar-refractivity contribution is 7.89. The molecule has 1 amide bonds. The molecule has 2 aliphatic heterocycles. The Hall–Kier alpha value is -1.74. The molecule has 2 aromatic rings. The molecule has 1 N–H and O–H groups in total. The van der Waals surface area contributed by atoms with E-state index in [0.717, 1.165) is 50.4 Å². The maximum atomic E-state index is 13.1. The molecule has 2 aliphatic rings. The number of thiophene rings is 1. The summed E-state index contributed by atoms with van der Waals surface area (Å²) in [5.41, 5.74) is 2.30. The maximum absolute atomic E-state index is 13.1. The first-order valence-corrected chi connectivity index (χ1v) is 13.9. The van der Waals surface area contributed by atoms with Gasteiger partial charge < -0.3 is 5.32 Å². The van der Waals surface area contributed by atoms with Gasteiger partial charge in [0.25, 0.3) is 5.91 Å². The van der Waals surface area contributed by atoms with E-state index in [2.05, 4.69) is 23.2 Å². The van der Waals surface area contributed by atoms with Crippen molar-refractivity contribution in [3.8, 4) is 0 Å². The number of carbonyl (C=O) groups excluding carboxylic acids is 1. The van der Waals surface area contributed by atoms with E-state index < -0.39 is 10.0 Å². The first-order valence-electron chi connectivity index (χ1n) is 11.6. The number of nitrogens with one attached hydrogen (secondary N) is 1. The Kier molecular flexibility index (Phi) is 7.66. The molecule has 4 rings (SSSR count). The molecule has 2 fully saturated rings. The molecule has 8 heteroatoms. The van der Waals surface area contributed by atoms with Gasteiger partial charge in [0.2, 0.25) is 10.0 Å². The van der Waals surface area contributed by atoms with Crippen LogP contribution in [0.4, 0.5) is 0 Å². The number of nitrogens with zero attached hydrogens (tertiary/aromatic N) is 2. The fourth-order valence-corrected chi connectivity index (χ4v) is 7.35. The van der Waals surface area contributed by atoms with Gasteiger partial charge in [-0.2, -0.15) is 4.31 Å². The van der Waals surface area contributed by atoms with E-state index >= 15 is 0 Å². The fourth-order valence-electron chi connectivity index (χ4n) is 4.51. The number of rotatable bonds is 7. The number of sulfonamides is 1. The van der Waals surface area contributed by atoms with Crippen LogP contribution in [0.25, 0.3) is 0 Å². The number of amides is 1. The maximum Gasteiger partial charge on any atom is 0.263 e. The van der Waals surface area contributed by atoms with Crippen LogP contribution in [0, 0.1) is 5.92 Å². The van der Waals surface area contributed by atoms with Gasteiger partial charge in [0.05, 0.1) is 0 Å². The summed E-state index contributed by atoms with van der Waals surface area (Å²) in [5, 5.41) is 4.66. The van der Waals surface area contributed by atoms with Crippen LogP contribution >= 0.6 is 11.3 Å². The molecule has 0 bridgehead atoms. The van der Waals surface area contributed by atoms with Crippen molar-refractivity contribution in [3.63, 3.8) is 0 Å². The highest BCUT2D eigenvalue weighted by Gasteiger charge is 2.31. The minimum absolute atomic E-state index is 0.137. The predicted molar refractivity (Wildman–Crippen MR) is 128 cm³/mol. The molecule has 0 aliphatic carbocycles. The molecule has 0 radical (unpaired) electrons. The molecule has 3 heterocycles. The molecule has 1 aromatic heterocycles. The number of piperidine rings is 2. The van der Waals surface area contributed by atoms with Gasteiger partial charge in [-0.15, -0.1) is 11.3 Å². The normalized spacial score (nSPS) is 19.2. The van der Waals surface area contributed by atoms with Gasteiger partial charge in [-0.1, -0.05) is 37.6 Å². The van der Waals surface area contributed by atoms with Crippen molar-refractivity contribution >= 4 is 27.3 Å². The quantitative estimate of drug-likeness (QED) is 0.655. The van der Waals surface area contributed by atoms with E-state index in [1.807, 2.05) is 18.2 Å². The van der Waals surface area contributed by atoms with Gasteiger partial charge in [0.1, 0.15) is 9.77 Å². The zero-order valence-electron chi connectivity index (χ0n) is 18.8. The highest BCUT2D eigenvalue weighted by atomic mass is 32.2. The molecule has 0 saturated carbocycles. The van der Waals surface area contributed by atoms with E-state index in [0.29, 0.717) is 19.6 Å². The molecular formula is C24H33N3O3S2. The second kappa shape index (κ2) is 10.5. The molecule has 32 heavy (non-hydrogen) atoms. The van der Waals surface area contributed by atoms with Crippen LogP contribution in [0.3, 0.4) is 0 Å². The van der Waals surface area contributed by atoms with Crippen LogP contribution in [0.2, 0.25) is 0 Å². The van der Waals surface area contributed by atoms with E-state index in [1.165, 1.54) is 34.0 Å². The minimum atomic E-state index is -3.63. The Morgan fingerprint density at radius 2 is 1.72 bits per heavy atom. The van der Waals surface area contributed by atoms with Gasteiger partial charge in [-0.3, -0.25) is 9.69 Å². The van der Waals surface area contributed by atoms with E-state index in [1.54, 1.807) is 11.4 Å². The lowest BCUT2D eigenvalue weighted by Crippen LogP contribution is -2.36. The summed E-state index contributed by atoms with van der Waals surface area (Å²) in [6, 6.07) is 9.75. The lowest BCUT2D eigenvalue weighted by molar-refractivity contribution is 0.0951. The van der Waals surface area contributed by atoms with Gasteiger partial charge in [-0.05, 0) is 67.3 Å². The SMILES string of the molecule is CC1CCN(Cc2ccccc2CNC(=O)c2sccc2S(=O)(=O)N2CCCCC2)CC1. The van der Waals surface area contributed by atoms with Crippen LogP contribution in [0.5, 0.6) is 0 Å². The second-order valence-corrected chi connectivity index (χ2v) is 11.8. The van der Waals surface area contributed by atoms with E-state index in [4.69, 9.17) is 0 Å². The molecule has 6 nitrogen and oxygen atoms in total. The predicted octanol–water partition coefficient (Wildman–Crippen LogP) is 4.08. The third-order valence-electron chi connectivity index (χ3n) is 6.60. The van der Waals surface area contributed by atoms with Crippen molar-refractivity contribution in [2.75, 3.05) is 26.2 Å². The van der Waals surface area contributed by atoms with Crippen LogP contribution in [-0.2, 0) is 23.1 Å². The molecule has 174 valence electrons. The smallest absolute Gasteiger partial charge is 0.263 e. The first-order chi connectivity index (χ1) is 15.4. The van der Waals surface area contributed by atoms with Crippen molar-refractivity contribution in [1.82, 2.24) is 14.5 Å². The first kappa shape index (κ1) is 23.4. The summed E-state index contributed by atoms with van der Waals surface area (Å²) >= 11 is 1.19. The second-order valence-electron chi connectivity index (χ2n) is 8.99.